The Morgan fingerprint density at radius 1 is 0.941 bits per heavy atom. The van der Waals surface area contributed by atoms with Gasteiger partial charge in [-0.1, -0.05) is 12.1 Å². The number of anilines is 1. The Labute approximate surface area is 194 Å². The molecule has 7 nitrogen and oxygen atoms in total. The van der Waals surface area contributed by atoms with Crippen molar-refractivity contribution in [2.45, 2.75) is 20.0 Å². The second-order valence-electron chi connectivity index (χ2n) is 8.26. The van der Waals surface area contributed by atoms with Crippen molar-refractivity contribution in [3.63, 3.8) is 0 Å². The van der Waals surface area contributed by atoms with E-state index in [-0.39, 0.29) is 18.1 Å². The highest BCUT2D eigenvalue weighted by molar-refractivity contribution is 5.97. The number of aryl methyl sites for hydroxylation is 2. The molecule has 2 amide bonds. The molecule has 0 aliphatic carbocycles. The quantitative estimate of drug-likeness (QED) is 0.629. The lowest BCUT2D eigenvalue weighted by Gasteiger charge is -2.34. The smallest absolute Gasteiger partial charge is 0.336 e. The first-order valence-electron chi connectivity index (χ1n) is 10.8. The molecule has 1 saturated heterocycles. The third-order valence-corrected chi connectivity index (χ3v) is 5.86. The molecule has 1 aliphatic rings. The van der Waals surface area contributed by atoms with Crippen LogP contribution in [-0.4, -0.2) is 64.3 Å². The van der Waals surface area contributed by atoms with Crippen LogP contribution in [0.5, 0.6) is 0 Å². The van der Waals surface area contributed by atoms with Gasteiger partial charge in [-0.05, 0) is 44.2 Å². The van der Waals surface area contributed by atoms with Crippen molar-refractivity contribution in [1.29, 1.82) is 0 Å². The number of aromatic nitrogens is 2. The molecule has 3 aromatic rings. The van der Waals surface area contributed by atoms with Crippen LogP contribution >= 0.6 is 0 Å². The van der Waals surface area contributed by atoms with Crippen LogP contribution in [-0.2, 0) is 11.0 Å². The summed E-state index contributed by atoms with van der Waals surface area (Å²) in [5.41, 5.74) is 2.39. The van der Waals surface area contributed by atoms with Crippen LogP contribution < -0.4 is 5.32 Å². The standard InChI is InChI=1S/C24H24F3N5O2/c1-15-16(2)29-21-13-17(7-8-20(21)28-15)23(34)32-11-9-31(10-12-32)14-22(33)30-19-6-4-3-5-18(19)24(25,26)27/h3-8,13H,9-12,14H2,1-2H3,(H,30,33). The van der Waals surface area contributed by atoms with E-state index in [0.29, 0.717) is 37.3 Å². The SMILES string of the molecule is Cc1nc2ccc(C(=O)N3CCN(CC(=O)Nc4ccccc4C(F)(F)F)CC3)cc2nc1C. The molecule has 4 rings (SSSR count). The largest absolute Gasteiger partial charge is 0.418 e. The highest BCUT2D eigenvalue weighted by Gasteiger charge is 2.33. The van der Waals surface area contributed by atoms with Gasteiger partial charge in [-0.2, -0.15) is 13.2 Å². The fourth-order valence-electron chi connectivity index (χ4n) is 3.89. The van der Waals surface area contributed by atoms with Crippen molar-refractivity contribution >= 4 is 28.5 Å². The molecule has 1 aliphatic heterocycles. The van der Waals surface area contributed by atoms with Gasteiger partial charge in [0.1, 0.15) is 0 Å². The van der Waals surface area contributed by atoms with Crippen molar-refractivity contribution in [3.05, 3.63) is 65.0 Å². The topological polar surface area (TPSA) is 78.4 Å². The number of benzene rings is 2. The first-order chi connectivity index (χ1) is 16.1. The van der Waals surface area contributed by atoms with Crippen LogP contribution in [0.1, 0.15) is 27.3 Å². The minimum atomic E-state index is -4.55. The number of alkyl halides is 3. The number of nitrogens with one attached hydrogen (secondary N) is 1. The summed E-state index contributed by atoms with van der Waals surface area (Å²) in [6, 6.07) is 10.1. The van der Waals surface area contributed by atoms with Gasteiger partial charge in [-0.3, -0.25) is 14.5 Å². The van der Waals surface area contributed by atoms with Gasteiger partial charge in [0.25, 0.3) is 5.91 Å². The van der Waals surface area contributed by atoms with Crippen molar-refractivity contribution in [2.75, 3.05) is 38.0 Å². The number of para-hydroxylation sites is 1. The number of hydrogen-bond donors (Lipinski definition) is 1. The highest BCUT2D eigenvalue weighted by atomic mass is 19.4. The summed E-state index contributed by atoms with van der Waals surface area (Å²) in [7, 11) is 0. The molecule has 34 heavy (non-hydrogen) atoms. The molecule has 0 radical (unpaired) electrons. The van der Waals surface area contributed by atoms with Crippen LogP contribution in [0.4, 0.5) is 18.9 Å². The molecule has 10 heteroatoms. The second-order valence-corrected chi connectivity index (χ2v) is 8.26. The third-order valence-electron chi connectivity index (χ3n) is 5.86. The molecule has 2 heterocycles. The number of piperazine rings is 1. The van der Waals surface area contributed by atoms with Gasteiger partial charge in [-0.25, -0.2) is 9.97 Å². The Hall–Kier alpha value is -3.53. The lowest BCUT2D eigenvalue weighted by Crippen LogP contribution is -2.50. The van der Waals surface area contributed by atoms with Crippen LogP contribution in [0, 0.1) is 13.8 Å². The Morgan fingerprint density at radius 3 is 2.26 bits per heavy atom. The average molecular weight is 471 g/mol. The highest BCUT2D eigenvalue weighted by Crippen LogP contribution is 2.34. The van der Waals surface area contributed by atoms with Gasteiger partial charge in [0.05, 0.1) is 40.2 Å². The second kappa shape index (κ2) is 9.38. The van der Waals surface area contributed by atoms with Crippen molar-refractivity contribution in [1.82, 2.24) is 19.8 Å². The van der Waals surface area contributed by atoms with E-state index < -0.39 is 17.6 Å². The Balaban J connectivity index is 1.35. The summed E-state index contributed by atoms with van der Waals surface area (Å²) in [4.78, 5) is 37.8. The third kappa shape index (κ3) is 5.17. The molecular formula is C24H24F3N5O2. The minimum Gasteiger partial charge on any atom is -0.336 e. The minimum absolute atomic E-state index is 0.0571. The molecule has 178 valence electrons. The maximum absolute atomic E-state index is 13.1. The summed E-state index contributed by atoms with van der Waals surface area (Å²) >= 11 is 0. The maximum atomic E-state index is 13.1. The van der Waals surface area contributed by atoms with Gasteiger partial charge in [0, 0.05) is 31.7 Å². The fourth-order valence-corrected chi connectivity index (χ4v) is 3.89. The molecule has 1 aromatic heterocycles. The Kier molecular flexibility index (Phi) is 6.52. The lowest BCUT2D eigenvalue weighted by molar-refractivity contribution is -0.137. The molecule has 0 bridgehead atoms. The molecule has 2 aromatic carbocycles. The maximum Gasteiger partial charge on any atom is 0.418 e. The van der Waals surface area contributed by atoms with Crippen LogP contribution in [0.25, 0.3) is 11.0 Å². The Morgan fingerprint density at radius 2 is 1.59 bits per heavy atom. The average Bonchev–Trinajstić information content (AvgIpc) is 2.79. The van der Waals surface area contributed by atoms with E-state index in [2.05, 4.69) is 15.3 Å². The van der Waals surface area contributed by atoms with E-state index >= 15 is 0 Å². The lowest BCUT2D eigenvalue weighted by atomic mass is 10.1. The Bertz CT molecular complexity index is 1240. The number of fused-ring (bicyclic) bond motifs is 1. The summed E-state index contributed by atoms with van der Waals surface area (Å²) in [6.07, 6.45) is -4.55. The number of nitrogens with zero attached hydrogens (tertiary/aromatic N) is 4. The zero-order valence-electron chi connectivity index (χ0n) is 18.8. The number of carbonyl (C=O) groups excluding carboxylic acids is 2. The molecular weight excluding hydrogens is 447 g/mol. The summed E-state index contributed by atoms with van der Waals surface area (Å²) in [5, 5.41) is 2.36. The molecule has 0 saturated carbocycles. The normalized spacial score (nSPS) is 14.9. The van der Waals surface area contributed by atoms with E-state index in [0.717, 1.165) is 23.0 Å². The zero-order chi connectivity index (χ0) is 24.5. The number of amides is 2. The summed E-state index contributed by atoms with van der Waals surface area (Å²) in [6.45, 7) is 5.38. The first-order valence-corrected chi connectivity index (χ1v) is 10.8. The van der Waals surface area contributed by atoms with Gasteiger partial charge in [0.2, 0.25) is 5.91 Å². The summed E-state index contributed by atoms with van der Waals surface area (Å²) in [5.74, 6) is -0.666. The van der Waals surface area contributed by atoms with Gasteiger partial charge >= 0.3 is 6.18 Å². The first kappa shape index (κ1) is 23.6. The molecule has 1 N–H and O–H groups in total. The van der Waals surface area contributed by atoms with Crippen molar-refractivity contribution < 1.29 is 22.8 Å². The van der Waals surface area contributed by atoms with Gasteiger partial charge in [0.15, 0.2) is 0 Å². The predicted molar refractivity (Wildman–Crippen MR) is 121 cm³/mol. The monoisotopic (exact) mass is 471 g/mol. The van der Waals surface area contributed by atoms with Crippen LogP contribution in [0.3, 0.4) is 0 Å². The number of carbonyl (C=O) groups is 2. The number of rotatable bonds is 4. The molecule has 1 fully saturated rings. The van der Waals surface area contributed by atoms with E-state index in [1.54, 1.807) is 23.1 Å². The van der Waals surface area contributed by atoms with E-state index in [9.17, 15) is 22.8 Å². The molecule has 0 atom stereocenters. The summed E-state index contributed by atoms with van der Waals surface area (Å²) < 4.78 is 39.4. The zero-order valence-corrected chi connectivity index (χ0v) is 18.8. The number of halogens is 3. The van der Waals surface area contributed by atoms with Crippen molar-refractivity contribution in [2.24, 2.45) is 0 Å². The van der Waals surface area contributed by atoms with E-state index in [1.165, 1.54) is 18.2 Å². The predicted octanol–water partition coefficient (Wildman–Crippen LogP) is 3.66. The van der Waals surface area contributed by atoms with E-state index in [4.69, 9.17) is 0 Å². The van der Waals surface area contributed by atoms with Gasteiger partial charge in [-0.15, -0.1) is 0 Å². The van der Waals surface area contributed by atoms with Gasteiger partial charge < -0.3 is 10.2 Å². The van der Waals surface area contributed by atoms with Crippen molar-refractivity contribution in [3.8, 4) is 0 Å². The fraction of sp³-hybridized carbons (Fsp3) is 0.333. The molecule has 0 spiro atoms. The molecule has 0 unspecified atom stereocenters. The number of hydrogen-bond acceptors (Lipinski definition) is 5. The van der Waals surface area contributed by atoms with E-state index in [1.807, 2.05) is 18.7 Å². The van der Waals surface area contributed by atoms with Crippen LogP contribution in [0.2, 0.25) is 0 Å². The van der Waals surface area contributed by atoms with Crippen LogP contribution in [0.15, 0.2) is 42.5 Å².